The van der Waals surface area contributed by atoms with Crippen molar-refractivity contribution in [2.45, 2.75) is 13.3 Å². The maximum Gasteiger partial charge on any atom is 0.277 e. The molecule has 0 fully saturated rings. The summed E-state index contributed by atoms with van der Waals surface area (Å²) in [6.07, 6.45) is 0.718. The first kappa shape index (κ1) is 16.6. The fourth-order valence-electron chi connectivity index (χ4n) is 1.84. The topological polar surface area (TPSA) is 59.2 Å². The molecule has 2 aromatic rings. The molecule has 0 aliphatic rings. The number of nitrogens with zero attached hydrogens (tertiary/aromatic N) is 2. The van der Waals surface area contributed by atoms with E-state index in [-0.39, 0.29) is 18.3 Å². The Kier molecular flexibility index (Phi) is 6.64. The number of carbonyl (C=O) groups excluding carboxylic acids is 1. The molecule has 1 heterocycles. The number of carbonyl (C=O) groups is 1. The maximum absolute atomic E-state index is 12.4. The van der Waals surface area contributed by atoms with Crippen molar-refractivity contribution in [3.05, 3.63) is 46.4 Å². The SMILES string of the molecule is CCN(C(=O)c1csc(CCN)n1)c1ccccc1.Cl. The molecule has 0 atom stereocenters. The van der Waals surface area contributed by atoms with E-state index in [4.69, 9.17) is 5.73 Å². The van der Waals surface area contributed by atoms with Crippen molar-refractivity contribution in [2.75, 3.05) is 18.0 Å². The van der Waals surface area contributed by atoms with Crippen LogP contribution in [-0.4, -0.2) is 24.0 Å². The van der Waals surface area contributed by atoms with E-state index in [0.29, 0.717) is 18.8 Å². The van der Waals surface area contributed by atoms with Gasteiger partial charge in [0, 0.05) is 24.0 Å². The number of anilines is 1. The molecule has 0 unspecified atom stereocenters. The molecule has 20 heavy (non-hydrogen) atoms. The molecule has 0 bridgehead atoms. The van der Waals surface area contributed by atoms with E-state index in [9.17, 15) is 4.79 Å². The van der Waals surface area contributed by atoms with Gasteiger partial charge in [-0.3, -0.25) is 4.79 Å². The van der Waals surface area contributed by atoms with Gasteiger partial charge >= 0.3 is 0 Å². The highest BCUT2D eigenvalue weighted by Crippen LogP contribution is 2.18. The van der Waals surface area contributed by atoms with Crippen LogP contribution in [0.3, 0.4) is 0 Å². The normalized spacial score (nSPS) is 9.90. The summed E-state index contributed by atoms with van der Waals surface area (Å²) < 4.78 is 0. The first-order chi connectivity index (χ1) is 9.26. The Morgan fingerprint density at radius 2 is 2.05 bits per heavy atom. The number of nitrogens with two attached hydrogens (primary N) is 1. The molecule has 108 valence electrons. The van der Waals surface area contributed by atoms with Gasteiger partial charge in [-0.25, -0.2) is 4.98 Å². The van der Waals surface area contributed by atoms with Crippen molar-refractivity contribution in [1.29, 1.82) is 0 Å². The van der Waals surface area contributed by atoms with Crippen molar-refractivity contribution < 1.29 is 4.79 Å². The van der Waals surface area contributed by atoms with Gasteiger partial charge in [-0.05, 0) is 25.6 Å². The van der Waals surface area contributed by atoms with Gasteiger partial charge in [0.1, 0.15) is 5.69 Å². The molecule has 0 aliphatic heterocycles. The summed E-state index contributed by atoms with van der Waals surface area (Å²) in [5.74, 6) is -0.0618. The predicted molar refractivity (Wildman–Crippen MR) is 85.9 cm³/mol. The Labute approximate surface area is 129 Å². The third kappa shape index (κ3) is 3.79. The molecule has 1 amide bonds. The van der Waals surface area contributed by atoms with Crippen molar-refractivity contribution in [2.24, 2.45) is 5.73 Å². The van der Waals surface area contributed by atoms with Gasteiger partial charge in [-0.15, -0.1) is 23.7 Å². The first-order valence-corrected chi connectivity index (χ1v) is 7.15. The molecule has 0 saturated carbocycles. The predicted octanol–water partition coefficient (Wildman–Crippen LogP) is 2.73. The molecule has 0 aliphatic carbocycles. The van der Waals surface area contributed by atoms with Gasteiger partial charge in [0.05, 0.1) is 5.01 Å². The van der Waals surface area contributed by atoms with E-state index >= 15 is 0 Å². The van der Waals surface area contributed by atoms with Crippen LogP contribution in [0.4, 0.5) is 5.69 Å². The number of amides is 1. The van der Waals surface area contributed by atoms with Gasteiger partial charge in [-0.2, -0.15) is 0 Å². The van der Waals surface area contributed by atoms with Crippen LogP contribution < -0.4 is 10.6 Å². The first-order valence-electron chi connectivity index (χ1n) is 6.27. The molecule has 6 heteroatoms. The lowest BCUT2D eigenvalue weighted by atomic mass is 10.2. The van der Waals surface area contributed by atoms with Gasteiger partial charge < -0.3 is 10.6 Å². The van der Waals surface area contributed by atoms with Crippen molar-refractivity contribution >= 4 is 35.3 Å². The van der Waals surface area contributed by atoms with Crippen molar-refractivity contribution in [3.8, 4) is 0 Å². The van der Waals surface area contributed by atoms with Gasteiger partial charge in [-0.1, -0.05) is 18.2 Å². The Morgan fingerprint density at radius 1 is 1.35 bits per heavy atom. The summed E-state index contributed by atoms with van der Waals surface area (Å²) in [5, 5.41) is 2.72. The minimum Gasteiger partial charge on any atom is -0.330 e. The summed E-state index contributed by atoms with van der Waals surface area (Å²) >= 11 is 1.49. The summed E-state index contributed by atoms with van der Waals surface area (Å²) in [7, 11) is 0. The number of para-hydroxylation sites is 1. The van der Waals surface area contributed by atoms with E-state index in [1.807, 2.05) is 37.3 Å². The maximum atomic E-state index is 12.4. The number of halogens is 1. The molecule has 1 aromatic carbocycles. The molecule has 2 rings (SSSR count). The van der Waals surface area contributed by atoms with E-state index in [0.717, 1.165) is 17.1 Å². The number of thiazole rings is 1. The Bertz CT molecular complexity index is 544. The van der Waals surface area contributed by atoms with Crippen LogP contribution in [0.25, 0.3) is 0 Å². The second kappa shape index (κ2) is 7.99. The molecule has 0 saturated heterocycles. The second-order valence-corrected chi connectivity index (χ2v) is 4.99. The standard InChI is InChI=1S/C14H17N3OS.ClH/c1-2-17(11-6-4-3-5-7-11)14(18)12-10-19-13(16-12)8-9-15;/h3-7,10H,2,8-9,15H2,1H3;1H. The minimum absolute atomic E-state index is 0. The molecular formula is C14H18ClN3OS. The molecule has 0 spiro atoms. The lowest BCUT2D eigenvalue weighted by Crippen LogP contribution is -2.30. The van der Waals surface area contributed by atoms with Crippen molar-refractivity contribution in [1.82, 2.24) is 4.98 Å². The average Bonchev–Trinajstić information content (AvgIpc) is 2.90. The lowest BCUT2D eigenvalue weighted by molar-refractivity contribution is 0.0984. The number of benzene rings is 1. The number of aromatic nitrogens is 1. The largest absolute Gasteiger partial charge is 0.330 e. The van der Waals surface area contributed by atoms with Crippen LogP contribution in [0.5, 0.6) is 0 Å². The minimum atomic E-state index is -0.0618. The molecule has 1 aromatic heterocycles. The third-order valence-electron chi connectivity index (χ3n) is 2.76. The zero-order chi connectivity index (χ0) is 13.7. The van der Waals surface area contributed by atoms with Crippen molar-refractivity contribution in [3.63, 3.8) is 0 Å². The molecule has 4 nitrogen and oxygen atoms in total. The highest BCUT2D eigenvalue weighted by molar-refractivity contribution is 7.09. The molecule has 2 N–H and O–H groups in total. The smallest absolute Gasteiger partial charge is 0.277 e. The monoisotopic (exact) mass is 311 g/mol. The highest BCUT2D eigenvalue weighted by atomic mass is 35.5. The van der Waals surface area contributed by atoms with Crippen LogP contribution >= 0.6 is 23.7 Å². The van der Waals surface area contributed by atoms with E-state index < -0.39 is 0 Å². The van der Waals surface area contributed by atoms with Crippen LogP contribution in [0.15, 0.2) is 35.7 Å². The zero-order valence-electron chi connectivity index (χ0n) is 11.3. The fraction of sp³-hybridized carbons (Fsp3) is 0.286. The molecule has 0 radical (unpaired) electrons. The van der Waals surface area contributed by atoms with Crippen LogP contribution in [0.1, 0.15) is 22.4 Å². The van der Waals surface area contributed by atoms with Gasteiger partial charge in [0.25, 0.3) is 5.91 Å². The van der Waals surface area contributed by atoms with Gasteiger partial charge in [0.15, 0.2) is 0 Å². The Hall–Kier alpha value is -1.43. The third-order valence-corrected chi connectivity index (χ3v) is 3.67. The Balaban J connectivity index is 0.00000200. The lowest BCUT2D eigenvalue weighted by Gasteiger charge is -2.19. The van der Waals surface area contributed by atoms with Crippen LogP contribution in [0.2, 0.25) is 0 Å². The quantitative estimate of drug-likeness (QED) is 0.923. The number of rotatable bonds is 5. The van der Waals surface area contributed by atoms with Gasteiger partial charge in [0.2, 0.25) is 0 Å². The summed E-state index contributed by atoms with van der Waals surface area (Å²) in [6, 6.07) is 9.63. The second-order valence-electron chi connectivity index (χ2n) is 4.05. The number of hydrogen-bond acceptors (Lipinski definition) is 4. The zero-order valence-corrected chi connectivity index (χ0v) is 12.9. The summed E-state index contributed by atoms with van der Waals surface area (Å²) in [4.78, 5) is 18.5. The van der Waals surface area contributed by atoms with Crippen LogP contribution in [0, 0.1) is 0 Å². The summed E-state index contributed by atoms with van der Waals surface area (Å²) in [6.45, 7) is 3.13. The number of hydrogen-bond donors (Lipinski definition) is 1. The van der Waals surface area contributed by atoms with E-state index in [2.05, 4.69) is 4.98 Å². The van der Waals surface area contributed by atoms with Crippen LogP contribution in [-0.2, 0) is 6.42 Å². The Morgan fingerprint density at radius 3 is 2.65 bits per heavy atom. The fourth-order valence-corrected chi connectivity index (χ4v) is 2.63. The molecular weight excluding hydrogens is 294 g/mol. The summed E-state index contributed by atoms with van der Waals surface area (Å²) in [5.41, 5.74) is 6.89. The van der Waals surface area contributed by atoms with E-state index in [1.54, 1.807) is 10.3 Å². The highest BCUT2D eigenvalue weighted by Gasteiger charge is 2.18. The average molecular weight is 312 g/mol. The van der Waals surface area contributed by atoms with E-state index in [1.165, 1.54) is 11.3 Å².